The molecule has 90 valence electrons. The van der Waals surface area contributed by atoms with E-state index in [2.05, 4.69) is 40.3 Å². The quantitative estimate of drug-likeness (QED) is 0.898. The third-order valence-corrected chi connectivity index (χ3v) is 4.35. The molecule has 0 bridgehead atoms. The predicted octanol–water partition coefficient (Wildman–Crippen LogP) is 3.93. The summed E-state index contributed by atoms with van der Waals surface area (Å²) in [7, 11) is 0. The molecule has 3 N–H and O–H groups in total. The fourth-order valence-electron chi connectivity index (χ4n) is 1.65. The summed E-state index contributed by atoms with van der Waals surface area (Å²) in [5, 5.41) is 3.47. The van der Waals surface area contributed by atoms with Crippen molar-refractivity contribution in [1.82, 2.24) is 0 Å². The summed E-state index contributed by atoms with van der Waals surface area (Å²) in [6.07, 6.45) is 0. The van der Waals surface area contributed by atoms with Crippen molar-refractivity contribution in [3.05, 3.63) is 50.6 Å². The van der Waals surface area contributed by atoms with Gasteiger partial charge in [-0.25, -0.2) is 0 Å². The van der Waals surface area contributed by atoms with E-state index in [0.29, 0.717) is 6.54 Å². The number of thiophene rings is 1. The number of hydrogen-bond donors (Lipinski definition) is 2. The lowest BCUT2D eigenvalue weighted by Gasteiger charge is -2.17. The van der Waals surface area contributed by atoms with Gasteiger partial charge in [0.1, 0.15) is 0 Å². The van der Waals surface area contributed by atoms with Gasteiger partial charge in [0, 0.05) is 26.5 Å². The van der Waals surface area contributed by atoms with E-state index in [9.17, 15) is 0 Å². The Morgan fingerprint density at radius 3 is 2.65 bits per heavy atom. The Labute approximate surface area is 114 Å². The molecule has 0 fully saturated rings. The molecule has 1 aromatic heterocycles. The average molecular weight is 311 g/mol. The van der Waals surface area contributed by atoms with Crippen LogP contribution < -0.4 is 11.1 Å². The molecule has 0 radical (unpaired) electrons. The van der Waals surface area contributed by atoms with E-state index in [1.807, 2.05) is 24.3 Å². The Hall–Kier alpha value is -0.840. The molecule has 0 saturated heterocycles. The van der Waals surface area contributed by atoms with Crippen LogP contribution in [-0.4, -0.2) is 6.54 Å². The molecule has 2 nitrogen and oxygen atoms in total. The zero-order chi connectivity index (χ0) is 12.3. The highest BCUT2D eigenvalue weighted by molar-refractivity contribution is 9.10. The minimum atomic E-state index is 0.174. The second-order valence-corrected chi connectivity index (χ2v) is 6.03. The van der Waals surface area contributed by atoms with Crippen LogP contribution >= 0.6 is 27.3 Å². The molecule has 2 rings (SSSR count). The number of anilines is 1. The maximum Gasteiger partial charge on any atom is 0.0729 e. The molecular weight excluding hydrogens is 296 g/mol. The highest BCUT2D eigenvalue weighted by Crippen LogP contribution is 2.29. The molecule has 1 aromatic carbocycles. The SMILES string of the molecule is Cc1ccc(C(CN)Nc2ccccc2Br)s1. The molecule has 0 aliphatic rings. The molecular formula is C13H15BrN2S. The van der Waals surface area contributed by atoms with Crippen molar-refractivity contribution >= 4 is 33.0 Å². The van der Waals surface area contributed by atoms with E-state index in [4.69, 9.17) is 5.73 Å². The summed E-state index contributed by atoms with van der Waals surface area (Å²) in [6, 6.07) is 12.5. The van der Waals surface area contributed by atoms with Gasteiger partial charge in [-0.2, -0.15) is 0 Å². The number of aryl methyl sites for hydroxylation is 1. The number of para-hydroxylation sites is 1. The van der Waals surface area contributed by atoms with Gasteiger partial charge < -0.3 is 11.1 Å². The van der Waals surface area contributed by atoms with Crippen LogP contribution in [0.25, 0.3) is 0 Å². The van der Waals surface area contributed by atoms with E-state index < -0.39 is 0 Å². The average Bonchev–Trinajstić information content (AvgIpc) is 2.75. The normalized spacial score (nSPS) is 12.4. The molecule has 0 spiro atoms. The maximum absolute atomic E-state index is 5.84. The molecule has 0 aliphatic carbocycles. The number of hydrogen-bond acceptors (Lipinski definition) is 3. The Morgan fingerprint density at radius 1 is 1.29 bits per heavy atom. The van der Waals surface area contributed by atoms with Crippen LogP contribution in [0, 0.1) is 6.92 Å². The molecule has 2 aromatic rings. The van der Waals surface area contributed by atoms with Gasteiger partial charge in [0.2, 0.25) is 0 Å². The molecule has 0 saturated carbocycles. The lowest BCUT2D eigenvalue weighted by atomic mass is 10.2. The van der Waals surface area contributed by atoms with E-state index >= 15 is 0 Å². The highest BCUT2D eigenvalue weighted by atomic mass is 79.9. The van der Waals surface area contributed by atoms with Crippen molar-refractivity contribution in [1.29, 1.82) is 0 Å². The summed E-state index contributed by atoms with van der Waals surface area (Å²) in [5.74, 6) is 0. The van der Waals surface area contributed by atoms with Gasteiger partial charge in [0.25, 0.3) is 0 Å². The summed E-state index contributed by atoms with van der Waals surface area (Å²) in [4.78, 5) is 2.59. The van der Waals surface area contributed by atoms with E-state index in [1.54, 1.807) is 11.3 Å². The summed E-state index contributed by atoms with van der Waals surface area (Å²) < 4.78 is 1.06. The van der Waals surface area contributed by atoms with Crippen LogP contribution in [0.1, 0.15) is 15.8 Å². The number of rotatable bonds is 4. The number of halogens is 1. The number of nitrogens with two attached hydrogens (primary N) is 1. The standard InChI is InChI=1S/C13H15BrN2S/c1-9-6-7-13(17-9)12(8-15)16-11-5-3-2-4-10(11)14/h2-7,12,16H,8,15H2,1H3. The first-order valence-electron chi connectivity index (χ1n) is 5.48. The smallest absolute Gasteiger partial charge is 0.0729 e. The molecule has 1 atom stereocenters. The first-order valence-corrected chi connectivity index (χ1v) is 7.09. The lowest BCUT2D eigenvalue weighted by Crippen LogP contribution is -2.19. The molecule has 17 heavy (non-hydrogen) atoms. The zero-order valence-electron chi connectivity index (χ0n) is 9.61. The zero-order valence-corrected chi connectivity index (χ0v) is 12.0. The Kier molecular flexibility index (Phi) is 4.20. The molecule has 0 amide bonds. The first kappa shape index (κ1) is 12.6. The van der Waals surface area contributed by atoms with Gasteiger partial charge in [-0.3, -0.25) is 0 Å². The molecule has 1 heterocycles. The fourth-order valence-corrected chi connectivity index (χ4v) is 2.99. The first-order chi connectivity index (χ1) is 8.20. The van der Waals surface area contributed by atoms with Crippen molar-refractivity contribution in [3.63, 3.8) is 0 Å². The maximum atomic E-state index is 5.84. The minimum Gasteiger partial charge on any atom is -0.375 e. The van der Waals surface area contributed by atoms with Crippen molar-refractivity contribution in [2.24, 2.45) is 5.73 Å². The second-order valence-electron chi connectivity index (χ2n) is 3.86. The van der Waals surface area contributed by atoms with E-state index in [0.717, 1.165) is 10.2 Å². The fraction of sp³-hybridized carbons (Fsp3) is 0.231. The van der Waals surface area contributed by atoms with Gasteiger partial charge in [0.05, 0.1) is 6.04 Å². The van der Waals surface area contributed by atoms with Gasteiger partial charge >= 0.3 is 0 Å². The summed E-state index contributed by atoms with van der Waals surface area (Å²) in [5.41, 5.74) is 6.92. The topological polar surface area (TPSA) is 38.0 Å². The predicted molar refractivity (Wildman–Crippen MR) is 78.6 cm³/mol. The third-order valence-electron chi connectivity index (χ3n) is 2.54. The Balaban J connectivity index is 2.18. The molecule has 1 unspecified atom stereocenters. The van der Waals surface area contributed by atoms with Crippen LogP contribution in [0.3, 0.4) is 0 Å². The van der Waals surface area contributed by atoms with Crippen molar-refractivity contribution in [3.8, 4) is 0 Å². The molecule has 0 aliphatic heterocycles. The largest absolute Gasteiger partial charge is 0.375 e. The number of benzene rings is 1. The lowest BCUT2D eigenvalue weighted by molar-refractivity contribution is 0.805. The van der Waals surface area contributed by atoms with Crippen LogP contribution in [0.4, 0.5) is 5.69 Å². The van der Waals surface area contributed by atoms with Crippen LogP contribution in [0.5, 0.6) is 0 Å². The van der Waals surface area contributed by atoms with Gasteiger partial charge in [-0.1, -0.05) is 12.1 Å². The van der Waals surface area contributed by atoms with E-state index in [1.165, 1.54) is 9.75 Å². The summed E-state index contributed by atoms with van der Waals surface area (Å²) >= 11 is 5.32. The molecule has 4 heteroatoms. The van der Waals surface area contributed by atoms with E-state index in [-0.39, 0.29) is 6.04 Å². The van der Waals surface area contributed by atoms with Crippen LogP contribution in [0.15, 0.2) is 40.9 Å². The van der Waals surface area contributed by atoms with Crippen LogP contribution in [-0.2, 0) is 0 Å². The monoisotopic (exact) mass is 310 g/mol. The van der Waals surface area contributed by atoms with Crippen LogP contribution in [0.2, 0.25) is 0 Å². The second kappa shape index (κ2) is 5.67. The van der Waals surface area contributed by atoms with Crippen molar-refractivity contribution < 1.29 is 0 Å². The Morgan fingerprint density at radius 2 is 2.06 bits per heavy atom. The number of nitrogens with one attached hydrogen (secondary N) is 1. The highest BCUT2D eigenvalue weighted by Gasteiger charge is 2.12. The minimum absolute atomic E-state index is 0.174. The summed E-state index contributed by atoms with van der Waals surface area (Å²) in [6.45, 7) is 2.70. The van der Waals surface area contributed by atoms with Crippen molar-refractivity contribution in [2.45, 2.75) is 13.0 Å². The van der Waals surface area contributed by atoms with Gasteiger partial charge in [-0.05, 0) is 47.1 Å². The van der Waals surface area contributed by atoms with Crippen molar-refractivity contribution in [2.75, 3.05) is 11.9 Å². The van der Waals surface area contributed by atoms with Gasteiger partial charge in [-0.15, -0.1) is 11.3 Å². The van der Waals surface area contributed by atoms with Gasteiger partial charge in [0.15, 0.2) is 0 Å². The third kappa shape index (κ3) is 3.09. The Bertz CT molecular complexity index is 496.